The minimum absolute atomic E-state index is 0.287. The van der Waals surface area contributed by atoms with E-state index in [9.17, 15) is 9.50 Å². The van der Waals surface area contributed by atoms with Crippen molar-refractivity contribution in [3.05, 3.63) is 35.8 Å². The standard InChI is InChI=1S/C16H21FN4O2/c1-16(2,3)23-15(22)20-8-9-21-13(10-20)14(18-19-21)11-4-6-12(17)7-5-11/h4-7,15,22H,8-10H2,1-3H3. The van der Waals surface area contributed by atoms with Gasteiger partial charge in [-0.1, -0.05) is 5.21 Å². The van der Waals surface area contributed by atoms with Crippen LogP contribution in [-0.2, 0) is 17.8 Å². The quantitative estimate of drug-likeness (QED) is 0.876. The summed E-state index contributed by atoms with van der Waals surface area (Å²) in [5.41, 5.74) is 1.97. The van der Waals surface area contributed by atoms with Gasteiger partial charge in [0.05, 0.1) is 17.8 Å². The second-order valence-corrected chi connectivity index (χ2v) is 6.64. The molecule has 1 aromatic heterocycles. The number of aromatic nitrogens is 3. The van der Waals surface area contributed by atoms with Gasteiger partial charge < -0.3 is 9.84 Å². The fourth-order valence-electron chi connectivity index (χ4n) is 2.57. The zero-order valence-corrected chi connectivity index (χ0v) is 13.5. The number of ether oxygens (including phenoxy) is 1. The van der Waals surface area contributed by atoms with Crippen LogP contribution in [0.1, 0.15) is 26.5 Å². The van der Waals surface area contributed by atoms with Gasteiger partial charge in [0, 0.05) is 18.7 Å². The van der Waals surface area contributed by atoms with Crippen molar-refractivity contribution in [1.29, 1.82) is 0 Å². The van der Waals surface area contributed by atoms with Crippen LogP contribution >= 0.6 is 0 Å². The summed E-state index contributed by atoms with van der Waals surface area (Å²) in [4.78, 5) is 1.83. The van der Waals surface area contributed by atoms with E-state index in [1.54, 1.807) is 12.1 Å². The lowest BCUT2D eigenvalue weighted by Gasteiger charge is -2.34. The summed E-state index contributed by atoms with van der Waals surface area (Å²) < 4.78 is 20.5. The SMILES string of the molecule is CC(C)(C)OC(O)N1CCn2nnc(-c3ccc(F)cc3)c2C1. The Morgan fingerprint density at radius 3 is 2.57 bits per heavy atom. The van der Waals surface area contributed by atoms with Gasteiger partial charge in [0.25, 0.3) is 0 Å². The van der Waals surface area contributed by atoms with Crippen LogP contribution in [-0.4, -0.2) is 43.6 Å². The Hall–Kier alpha value is -1.83. The first-order valence-electron chi connectivity index (χ1n) is 7.62. The fourth-order valence-corrected chi connectivity index (χ4v) is 2.57. The Kier molecular flexibility index (Phi) is 4.18. The summed E-state index contributed by atoms with van der Waals surface area (Å²) in [5.74, 6) is -0.287. The van der Waals surface area contributed by atoms with Crippen molar-refractivity contribution in [2.45, 2.75) is 45.9 Å². The van der Waals surface area contributed by atoms with E-state index in [1.807, 2.05) is 30.4 Å². The highest BCUT2D eigenvalue weighted by Gasteiger charge is 2.29. The molecule has 0 aliphatic carbocycles. The first kappa shape index (κ1) is 16.0. The fraction of sp³-hybridized carbons (Fsp3) is 0.500. The summed E-state index contributed by atoms with van der Waals surface area (Å²) in [6.45, 7) is 7.41. The molecule has 1 aromatic carbocycles. The lowest BCUT2D eigenvalue weighted by atomic mass is 10.1. The van der Waals surface area contributed by atoms with Crippen LogP contribution in [0.4, 0.5) is 4.39 Å². The van der Waals surface area contributed by atoms with E-state index in [1.165, 1.54) is 12.1 Å². The van der Waals surface area contributed by atoms with E-state index in [-0.39, 0.29) is 5.82 Å². The van der Waals surface area contributed by atoms with Gasteiger partial charge in [0.15, 0.2) is 0 Å². The summed E-state index contributed by atoms with van der Waals surface area (Å²) in [7, 11) is 0. The van der Waals surface area contributed by atoms with Crippen molar-refractivity contribution >= 4 is 0 Å². The molecule has 1 unspecified atom stereocenters. The van der Waals surface area contributed by atoms with Crippen molar-refractivity contribution in [3.63, 3.8) is 0 Å². The molecule has 6 nitrogen and oxygen atoms in total. The van der Waals surface area contributed by atoms with Crippen LogP contribution in [0.15, 0.2) is 24.3 Å². The van der Waals surface area contributed by atoms with Gasteiger partial charge >= 0.3 is 0 Å². The summed E-state index contributed by atoms with van der Waals surface area (Å²) in [5, 5.41) is 18.6. The third-order valence-electron chi connectivity index (χ3n) is 3.68. The van der Waals surface area contributed by atoms with Gasteiger partial charge in [0.2, 0.25) is 6.41 Å². The molecule has 23 heavy (non-hydrogen) atoms. The van der Waals surface area contributed by atoms with Gasteiger partial charge in [-0.05, 0) is 45.0 Å². The van der Waals surface area contributed by atoms with Gasteiger partial charge in [-0.3, -0.25) is 0 Å². The molecular weight excluding hydrogens is 299 g/mol. The van der Waals surface area contributed by atoms with Crippen LogP contribution in [0.3, 0.4) is 0 Å². The maximum Gasteiger partial charge on any atom is 0.217 e. The predicted octanol–water partition coefficient (Wildman–Crippen LogP) is 1.99. The molecule has 1 aliphatic heterocycles. The Bertz CT molecular complexity index is 678. The lowest BCUT2D eigenvalue weighted by molar-refractivity contribution is -0.244. The zero-order valence-electron chi connectivity index (χ0n) is 13.5. The molecule has 7 heteroatoms. The maximum atomic E-state index is 13.1. The molecule has 2 heterocycles. The van der Waals surface area contributed by atoms with E-state index in [2.05, 4.69) is 10.3 Å². The van der Waals surface area contributed by atoms with Crippen molar-refractivity contribution in [3.8, 4) is 11.3 Å². The minimum atomic E-state index is -0.986. The molecule has 0 amide bonds. The Morgan fingerprint density at radius 1 is 1.22 bits per heavy atom. The second-order valence-electron chi connectivity index (χ2n) is 6.64. The molecule has 0 fully saturated rings. The van der Waals surface area contributed by atoms with Crippen LogP contribution in [0.2, 0.25) is 0 Å². The molecule has 0 bridgehead atoms. The normalized spacial score (nSPS) is 17.1. The van der Waals surface area contributed by atoms with Crippen molar-refractivity contribution in [2.75, 3.05) is 6.54 Å². The molecule has 0 spiro atoms. The topological polar surface area (TPSA) is 63.4 Å². The highest BCUT2D eigenvalue weighted by atomic mass is 19.1. The minimum Gasteiger partial charge on any atom is -0.356 e. The number of halogens is 1. The third kappa shape index (κ3) is 3.57. The molecule has 1 N–H and O–H groups in total. The van der Waals surface area contributed by atoms with Crippen LogP contribution in [0.25, 0.3) is 11.3 Å². The first-order valence-corrected chi connectivity index (χ1v) is 7.62. The van der Waals surface area contributed by atoms with E-state index in [0.717, 1.165) is 11.3 Å². The molecule has 3 rings (SSSR count). The molecular formula is C16H21FN4O2. The molecule has 0 radical (unpaired) electrons. The van der Waals surface area contributed by atoms with Gasteiger partial charge in [-0.2, -0.15) is 0 Å². The first-order chi connectivity index (χ1) is 10.8. The van der Waals surface area contributed by atoms with E-state index >= 15 is 0 Å². The molecule has 2 aromatic rings. The highest BCUT2D eigenvalue weighted by Crippen LogP contribution is 2.26. The number of rotatable bonds is 3. The van der Waals surface area contributed by atoms with Gasteiger partial charge in [-0.25, -0.2) is 14.0 Å². The highest BCUT2D eigenvalue weighted by molar-refractivity contribution is 5.61. The van der Waals surface area contributed by atoms with Gasteiger partial charge in [0.1, 0.15) is 11.5 Å². The number of fused-ring (bicyclic) bond motifs is 1. The average Bonchev–Trinajstić information content (AvgIpc) is 2.89. The average molecular weight is 320 g/mol. The molecule has 0 saturated heterocycles. The van der Waals surface area contributed by atoms with Crippen molar-refractivity contribution < 1.29 is 14.2 Å². The summed E-state index contributed by atoms with van der Waals surface area (Å²) in [6.07, 6.45) is -0.986. The Morgan fingerprint density at radius 2 is 1.91 bits per heavy atom. The number of aliphatic hydroxyl groups is 1. The monoisotopic (exact) mass is 320 g/mol. The molecule has 1 atom stereocenters. The lowest BCUT2D eigenvalue weighted by Crippen LogP contribution is -2.45. The number of aliphatic hydroxyl groups excluding tert-OH is 1. The largest absolute Gasteiger partial charge is 0.356 e. The van der Waals surface area contributed by atoms with E-state index in [0.29, 0.717) is 25.3 Å². The van der Waals surface area contributed by atoms with E-state index in [4.69, 9.17) is 4.74 Å². The Balaban J connectivity index is 1.82. The van der Waals surface area contributed by atoms with Crippen LogP contribution in [0, 0.1) is 5.82 Å². The van der Waals surface area contributed by atoms with Crippen LogP contribution < -0.4 is 0 Å². The summed E-state index contributed by atoms with van der Waals surface area (Å²) in [6, 6.07) is 6.17. The second kappa shape index (κ2) is 5.99. The number of nitrogens with zero attached hydrogens (tertiary/aromatic N) is 4. The number of hydrogen-bond acceptors (Lipinski definition) is 5. The van der Waals surface area contributed by atoms with E-state index < -0.39 is 12.0 Å². The summed E-state index contributed by atoms with van der Waals surface area (Å²) >= 11 is 0. The van der Waals surface area contributed by atoms with Gasteiger partial charge in [-0.15, -0.1) is 5.10 Å². The smallest absolute Gasteiger partial charge is 0.217 e. The molecule has 124 valence electrons. The third-order valence-corrected chi connectivity index (χ3v) is 3.68. The zero-order chi connectivity index (χ0) is 16.6. The molecule has 1 aliphatic rings. The van der Waals surface area contributed by atoms with Crippen molar-refractivity contribution in [2.24, 2.45) is 0 Å². The van der Waals surface area contributed by atoms with Crippen molar-refractivity contribution in [1.82, 2.24) is 19.9 Å². The number of hydrogen-bond donors (Lipinski definition) is 1. The number of benzene rings is 1. The predicted molar refractivity (Wildman–Crippen MR) is 82.7 cm³/mol. The molecule has 0 saturated carbocycles. The van der Waals surface area contributed by atoms with Crippen LogP contribution in [0.5, 0.6) is 0 Å². The maximum absolute atomic E-state index is 13.1. The Labute approximate surface area is 134 Å².